The minimum atomic E-state index is 0.530. The average molecular weight is 342 g/mol. The standard InChI is InChI=1S/C18H26N6O/c1-2-19-18(20-11-13-25-15-8-4-3-5-9-15)21-14-17-23-22-16-10-6-7-12-24(16)17/h3-5,8-9H,2,6-7,10-14H2,1H3,(H2,19,20,21). The summed E-state index contributed by atoms with van der Waals surface area (Å²) >= 11 is 0. The fourth-order valence-corrected chi connectivity index (χ4v) is 2.83. The second-order valence-corrected chi connectivity index (χ2v) is 5.92. The molecule has 2 aromatic rings. The summed E-state index contributed by atoms with van der Waals surface area (Å²) < 4.78 is 7.89. The number of para-hydroxylation sites is 1. The maximum atomic E-state index is 5.69. The van der Waals surface area contributed by atoms with E-state index < -0.39 is 0 Å². The zero-order valence-corrected chi connectivity index (χ0v) is 14.7. The Balaban J connectivity index is 1.50. The van der Waals surface area contributed by atoms with Crippen LogP contribution in [0.3, 0.4) is 0 Å². The van der Waals surface area contributed by atoms with Crippen LogP contribution in [0.25, 0.3) is 0 Å². The number of aryl methyl sites for hydroxylation is 1. The van der Waals surface area contributed by atoms with Crippen LogP contribution in [0.4, 0.5) is 0 Å². The van der Waals surface area contributed by atoms with E-state index in [9.17, 15) is 0 Å². The number of aromatic nitrogens is 3. The first-order chi connectivity index (χ1) is 12.4. The molecule has 1 aliphatic rings. The Kier molecular flexibility index (Phi) is 6.25. The van der Waals surface area contributed by atoms with E-state index in [0.717, 1.165) is 42.9 Å². The monoisotopic (exact) mass is 342 g/mol. The Bertz CT molecular complexity index is 682. The third-order valence-corrected chi connectivity index (χ3v) is 4.07. The molecule has 0 bridgehead atoms. The highest BCUT2D eigenvalue weighted by molar-refractivity contribution is 5.79. The second kappa shape index (κ2) is 9.05. The summed E-state index contributed by atoms with van der Waals surface area (Å²) in [6.45, 7) is 5.65. The second-order valence-electron chi connectivity index (χ2n) is 5.92. The van der Waals surface area contributed by atoms with Gasteiger partial charge in [0.15, 0.2) is 11.8 Å². The van der Waals surface area contributed by atoms with Gasteiger partial charge in [-0.05, 0) is 31.9 Å². The lowest BCUT2D eigenvalue weighted by molar-refractivity contribution is 0.322. The maximum Gasteiger partial charge on any atom is 0.191 e. The molecular formula is C18H26N6O. The topological polar surface area (TPSA) is 76.4 Å². The lowest BCUT2D eigenvalue weighted by Gasteiger charge is -2.15. The molecule has 7 heteroatoms. The SMILES string of the molecule is CCNC(=NCc1nnc2n1CCCC2)NCCOc1ccccc1. The van der Waals surface area contributed by atoms with Gasteiger partial charge in [-0.1, -0.05) is 18.2 Å². The maximum absolute atomic E-state index is 5.69. The summed E-state index contributed by atoms with van der Waals surface area (Å²) in [5.74, 6) is 3.67. The predicted molar refractivity (Wildman–Crippen MR) is 97.7 cm³/mol. The van der Waals surface area contributed by atoms with Gasteiger partial charge in [0.2, 0.25) is 0 Å². The molecule has 2 heterocycles. The largest absolute Gasteiger partial charge is 0.492 e. The van der Waals surface area contributed by atoms with Crippen LogP contribution in [-0.2, 0) is 19.5 Å². The molecule has 0 amide bonds. The van der Waals surface area contributed by atoms with Crippen LogP contribution in [0.2, 0.25) is 0 Å². The summed E-state index contributed by atoms with van der Waals surface area (Å²) in [7, 11) is 0. The number of hydrogen-bond donors (Lipinski definition) is 2. The third-order valence-electron chi connectivity index (χ3n) is 4.07. The van der Waals surface area contributed by atoms with Gasteiger partial charge in [0, 0.05) is 19.5 Å². The molecule has 1 aliphatic heterocycles. The number of nitrogens with zero attached hydrogens (tertiary/aromatic N) is 4. The first-order valence-corrected chi connectivity index (χ1v) is 8.98. The molecule has 0 saturated carbocycles. The number of guanidine groups is 1. The normalized spacial score (nSPS) is 14.0. The Morgan fingerprint density at radius 2 is 2.08 bits per heavy atom. The van der Waals surface area contributed by atoms with Crippen LogP contribution >= 0.6 is 0 Å². The Morgan fingerprint density at radius 3 is 2.92 bits per heavy atom. The van der Waals surface area contributed by atoms with Gasteiger partial charge in [0.25, 0.3) is 0 Å². The molecule has 1 aromatic heterocycles. The molecule has 0 saturated heterocycles. The van der Waals surface area contributed by atoms with E-state index in [-0.39, 0.29) is 0 Å². The molecule has 134 valence electrons. The number of ether oxygens (including phenoxy) is 1. The Hall–Kier alpha value is -2.57. The van der Waals surface area contributed by atoms with E-state index >= 15 is 0 Å². The minimum Gasteiger partial charge on any atom is -0.492 e. The Morgan fingerprint density at radius 1 is 1.20 bits per heavy atom. The third kappa shape index (κ3) is 4.95. The van der Waals surface area contributed by atoms with Gasteiger partial charge in [-0.3, -0.25) is 0 Å². The smallest absolute Gasteiger partial charge is 0.191 e. The van der Waals surface area contributed by atoms with Crippen LogP contribution in [0.5, 0.6) is 5.75 Å². The molecule has 0 radical (unpaired) electrons. The van der Waals surface area contributed by atoms with Crippen molar-refractivity contribution < 1.29 is 4.74 Å². The van der Waals surface area contributed by atoms with Crippen LogP contribution in [-0.4, -0.2) is 40.4 Å². The summed E-state index contributed by atoms with van der Waals surface area (Å²) in [5.41, 5.74) is 0. The van der Waals surface area contributed by atoms with E-state index in [1.54, 1.807) is 0 Å². The van der Waals surface area contributed by atoms with Crippen molar-refractivity contribution in [2.45, 2.75) is 39.3 Å². The van der Waals surface area contributed by atoms with E-state index in [0.29, 0.717) is 19.7 Å². The number of fused-ring (bicyclic) bond motifs is 1. The number of aliphatic imine (C=N–C) groups is 1. The molecule has 25 heavy (non-hydrogen) atoms. The summed E-state index contributed by atoms with van der Waals surface area (Å²) in [6.07, 6.45) is 3.41. The van der Waals surface area contributed by atoms with Crippen molar-refractivity contribution in [2.75, 3.05) is 19.7 Å². The van der Waals surface area contributed by atoms with E-state index in [1.807, 2.05) is 30.3 Å². The van der Waals surface area contributed by atoms with Crippen molar-refractivity contribution in [1.82, 2.24) is 25.4 Å². The molecule has 0 spiro atoms. The summed E-state index contributed by atoms with van der Waals surface area (Å²) in [5, 5.41) is 15.1. The van der Waals surface area contributed by atoms with Gasteiger partial charge in [0.1, 0.15) is 24.7 Å². The molecule has 7 nitrogen and oxygen atoms in total. The molecule has 0 unspecified atom stereocenters. The van der Waals surface area contributed by atoms with Crippen LogP contribution < -0.4 is 15.4 Å². The van der Waals surface area contributed by atoms with Gasteiger partial charge < -0.3 is 19.9 Å². The molecule has 0 fully saturated rings. The van der Waals surface area contributed by atoms with Crippen molar-refractivity contribution >= 4 is 5.96 Å². The molecule has 0 atom stereocenters. The van der Waals surface area contributed by atoms with Gasteiger partial charge in [-0.25, -0.2) is 4.99 Å². The average Bonchev–Trinajstić information content (AvgIpc) is 3.07. The molecule has 1 aromatic carbocycles. The van der Waals surface area contributed by atoms with Crippen LogP contribution in [0, 0.1) is 0 Å². The van der Waals surface area contributed by atoms with Gasteiger partial charge in [-0.2, -0.15) is 0 Å². The van der Waals surface area contributed by atoms with Gasteiger partial charge in [-0.15, -0.1) is 10.2 Å². The summed E-state index contributed by atoms with van der Waals surface area (Å²) in [4.78, 5) is 4.62. The zero-order valence-electron chi connectivity index (χ0n) is 14.7. The summed E-state index contributed by atoms with van der Waals surface area (Å²) in [6, 6.07) is 9.81. The van der Waals surface area contributed by atoms with E-state index in [1.165, 1.54) is 12.8 Å². The number of benzene rings is 1. The highest BCUT2D eigenvalue weighted by atomic mass is 16.5. The number of rotatable bonds is 7. The molecular weight excluding hydrogens is 316 g/mol. The fraction of sp³-hybridized carbons (Fsp3) is 0.500. The highest BCUT2D eigenvalue weighted by Crippen LogP contribution is 2.14. The lowest BCUT2D eigenvalue weighted by Crippen LogP contribution is -2.39. The van der Waals surface area contributed by atoms with Crippen molar-refractivity contribution in [1.29, 1.82) is 0 Å². The molecule has 3 rings (SSSR count). The fourth-order valence-electron chi connectivity index (χ4n) is 2.83. The van der Waals surface area contributed by atoms with E-state index in [4.69, 9.17) is 4.74 Å². The molecule has 2 N–H and O–H groups in total. The van der Waals surface area contributed by atoms with Gasteiger partial charge in [0.05, 0.1) is 6.54 Å². The van der Waals surface area contributed by atoms with Crippen LogP contribution in [0.15, 0.2) is 35.3 Å². The van der Waals surface area contributed by atoms with Crippen molar-refractivity contribution in [3.63, 3.8) is 0 Å². The molecule has 0 aliphatic carbocycles. The van der Waals surface area contributed by atoms with Gasteiger partial charge >= 0.3 is 0 Å². The minimum absolute atomic E-state index is 0.530. The van der Waals surface area contributed by atoms with Crippen molar-refractivity contribution in [3.05, 3.63) is 42.0 Å². The quantitative estimate of drug-likeness (QED) is 0.455. The predicted octanol–water partition coefficient (Wildman–Crippen LogP) is 1.75. The van der Waals surface area contributed by atoms with Crippen molar-refractivity contribution in [3.8, 4) is 5.75 Å². The van der Waals surface area contributed by atoms with Crippen molar-refractivity contribution in [2.24, 2.45) is 4.99 Å². The Labute approximate surface area is 148 Å². The lowest BCUT2D eigenvalue weighted by atomic mass is 10.2. The zero-order chi connectivity index (χ0) is 17.3. The number of hydrogen-bond acceptors (Lipinski definition) is 4. The first-order valence-electron chi connectivity index (χ1n) is 8.98. The first kappa shape index (κ1) is 17.3. The van der Waals surface area contributed by atoms with E-state index in [2.05, 4.69) is 37.3 Å². The number of nitrogens with one attached hydrogen (secondary N) is 2. The highest BCUT2D eigenvalue weighted by Gasteiger charge is 2.15. The van der Waals surface area contributed by atoms with Crippen LogP contribution in [0.1, 0.15) is 31.4 Å².